The van der Waals surface area contributed by atoms with Crippen LogP contribution in [0.1, 0.15) is 34.6 Å². The minimum atomic E-state index is 0.0313. The quantitative estimate of drug-likeness (QED) is 0.872. The van der Waals surface area contributed by atoms with Crippen molar-refractivity contribution in [2.24, 2.45) is 0 Å². The smallest absolute Gasteiger partial charge is 0.254 e. The second kappa shape index (κ2) is 6.09. The lowest BCUT2D eigenvalue weighted by Gasteiger charge is -2.26. The number of benzene rings is 1. The number of rotatable bonds is 4. The summed E-state index contributed by atoms with van der Waals surface area (Å²) in [5, 5.41) is 2.03. The normalized spacial score (nSPS) is 10.8. The average molecular weight is 288 g/mol. The van der Waals surface area contributed by atoms with Crippen LogP contribution in [0.5, 0.6) is 0 Å². The van der Waals surface area contributed by atoms with Crippen molar-refractivity contribution in [3.8, 4) is 0 Å². The molecule has 2 rings (SSSR count). The van der Waals surface area contributed by atoms with Gasteiger partial charge in [0.25, 0.3) is 5.91 Å². The van der Waals surface area contributed by atoms with Crippen molar-refractivity contribution in [1.29, 1.82) is 0 Å². The summed E-state index contributed by atoms with van der Waals surface area (Å²) in [6.07, 6.45) is 0. The molecule has 1 amide bonds. The molecule has 0 saturated carbocycles. The number of anilines is 1. The van der Waals surface area contributed by atoms with Gasteiger partial charge in [0.05, 0.1) is 6.54 Å². The fraction of sp³-hybridized carbons (Fsp3) is 0.312. The van der Waals surface area contributed by atoms with Gasteiger partial charge in [0.2, 0.25) is 0 Å². The van der Waals surface area contributed by atoms with E-state index in [0.29, 0.717) is 17.8 Å². The molecule has 0 saturated heterocycles. The summed E-state index contributed by atoms with van der Waals surface area (Å²) in [6.45, 7) is 6.66. The van der Waals surface area contributed by atoms with Crippen LogP contribution in [0.2, 0.25) is 0 Å². The van der Waals surface area contributed by atoms with Crippen LogP contribution in [0, 0.1) is 6.92 Å². The molecule has 0 atom stereocenters. The van der Waals surface area contributed by atoms with Crippen LogP contribution in [0.15, 0.2) is 35.7 Å². The van der Waals surface area contributed by atoms with Crippen molar-refractivity contribution in [3.63, 3.8) is 0 Å². The first-order valence-corrected chi connectivity index (χ1v) is 7.56. The second-order valence-electron chi connectivity index (χ2n) is 5.24. The molecule has 3 nitrogen and oxygen atoms in total. The van der Waals surface area contributed by atoms with Crippen molar-refractivity contribution >= 4 is 22.9 Å². The molecule has 0 bridgehead atoms. The minimum absolute atomic E-state index is 0.0313. The lowest BCUT2D eigenvalue weighted by molar-refractivity contribution is 0.0692. The van der Waals surface area contributed by atoms with Crippen LogP contribution in [0.25, 0.3) is 0 Å². The van der Waals surface area contributed by atoms with Crippen LogP contribution < -0.4 is 5.73 Å². The van der Waals surface area contributed by atoms with Crippen LogP contribution in [-0.4, -0.2) is 16.8 Å². The molecule has 0 radical (unpaired) electrons. The molecule has 20 heavy (non-hydrogen) atoms. The van der Waals surface area contributed by atoms with Crippen LogP contribution in [-0.2, 0) is 6.54 Å². The third kappa shape index (κ3) is 3.39. The number of carbonyl (C=O) groups is 1. The van der Waals surface area contributed by atoms with E-state index in [1.54, 1.807) is 17.4 Å². The first kappa shape index (κ1) is 14.6. The highest BCUT2D eigenvalue weighted by molar-refractivity contribution is 7.09. The molecular weight excluding hydrogens is 268 g/mol. The topological polar surface area (TPSA) is 46.3 Å². The van der Waals surface area contributed by atoms with E-state index in [0.717, 1.165) is 5.56 Å². The molecule has 1 aromatic heterocycles. The van der Waals surface area contributed by atoms with E-state index in [2.05, 4.69) is 6.07 Å². The van der Waals surface area contributed by atoms with Gasteiger partial charge in [-0.25, -0.2) is 0 Å². The van der Waals surface area contributed by atoms with Crippen LogP contribution in [0.3, 0.4) is 0 Å². The Morgan fingerprint density at radius 3 is 2.65 bits per heavy atom. The Kier molecular flexibility index (Phi) is 4.45. The average Bonchev–Trinajstić information content (AvgIpc) is 2.86. The van der Waals surface area contributed by atoms with Crippen LogP contribution in [0.4, 0.5) is 5.69 Å². The molecule has 0 fully saturated rings. The molecule has 106 valence electrons. The highest BCUT2D eigenvalue weighted by Crippen LogP contribution is 2.19. The van der Waals surface area contributed by atoms with E-state index in [9.17, 15) is 4.79 Å². The van der Waals surface area contributed by atoms with Gasteiger partial charge < -0.3 is 10.6 Å². The van der Waals surface area contributed by atoms with E-state index in [4.69, 9.17) is 5.73 Å². The molecule has 0 spiro atoms. The molecule has 1 heterocycles. The molecule has 2 aromatic rings. The molecule has 0 aliphatic rings. The van der Waals surface area contributed by atoms with Crippen molar-refractivity contribution in [3.05, 3.63) is 51.7 Å². The second-order valence-corrected chi connectivity index (χ2v) is 6.27. The molecule has 0 aliphatic heterocycles. The van der Waals surface area contributed by atoms with Crippen molar-refractivity contribution in [1.82, 2.24) is 4.90 Å². The highest BCUT2D eigenvalue weighted by atomic mass is 32.1. The van der Waals surface area contributed by atoms with E-state index in [-0.39, 0.29) is 11.9 Å². The number of hydrogen-bond donors (Lipinski definition) is 1. The van der Waals surface area contributed by atoms with Crippen molar-refractivity contribution in [2.45, 2.75) is 33.4 Å². The molecule has 2 N–H and O–H groups in total. The van der Waals surface area contributed by atoms with E-state index >= 15 is 0 Å². The summed E-state index contributed by atoms with van der Waals surface area (Å²) in [4.78, 5) is 15.8. The number of carbonyl (C=O) groups excluding carboxylic acids is 1. The first-order valence-electron chi connectivity index (χ1n) is 6.68. The third-order valence-corrected chi connectivity index (χ3v) is 4.00. The summed E-state index contributed by atoms with van der Waals surface area (Å²) >= 11 is 1.67. The minimum Gasteiger partial charge on any atom is -0.399 e. The fourth-order valence-corrected chi connectivity index (χ4v) is 2.86. The third-order valence-electron chi connectivity index (χ3n) is 3.14. The number of aryl methyl sites for hydroxylation is 1. The number of nitrogen functional groups attached to an aromatic ring is 1. The SMILES string of the molecule is Cc1cc(N)cc(C(=O)N(Cc2cccs2)C(C)C)c1. The van der Waals surface area contributed by atoms with Gasteiger partial charge >= 0.3 is 0 Å². The monoisotopic (exact) mass is 288 g/mol. The molecule has 0 unspecified atom stereocenters. The number of amides is 1. The zero-order valence-corrected chi connectivity index (χ0v) is 12.9. The van der Waals surface area contributed by atoms with Gasteiger partial charge in [0, 0.05) is 22.2 Å². The lowest BCUT2D eigenvalue weighted by Crippen LogP contribution is -2.36. The number of hydrogen-bond acceptors (Lipinski definition) is 3. The Bertz CT molecular complexity index is 570. The Morgan fingerprint density at radius 2 is 2.10 bits per heavy atom. The summed E-state index contributed by atoms with van der Waals surface area (Å²) in [6, 6.07) is 9.72. The van der Waals surface area contributed by atoms with Gasteiger partial charge in [0.1, 0.15) is 0 Å². The lowest BCUT2D eigenvalue weighted by atomic mass is 10.1. The maximum atomic E-state index is 12.7. The van der Waals surface area contributed by atoms with E-state index < -0.39 is 0 Å². The Labute approximate surface area is 124 Å². The van der Waals surface area contributed by atoms with Crippen molar-refractivity contribution in [2.75, 3.05) is 5.73 Å². The number of nitrogens with zero attached hydrogens (tertiary/aromatic N) is 1. The van der Waals surface area contributed by atoms with Crippen LogP contribution >= 0.6 is 11.3 Å². The molecule has 1 aromatic carbocycles. The number of nitrogens with two attached hydrogens (primary N) is 1. The van der Waals surface area contributed by atoms with E-state index in [1.165, 1.54) is 4.88 Å². The van der Waals surface area contributed by atoms with Gasteiger partial charge in [-0.3, -0.25) is 4.79 Å². The molecule has 0 aliphatic carbocycles. The van der Waals surface area contributed by atoms with Gasteiger partial charge in [0.15, 0.2) is 0 Å². The fourth-order valence-electron chi connectivity index (χ4n) is 2.16. The summed E-state index contributed by atoms with van der Waals surface area (Å²) in [7, 11) is 0. The van der Waals surface area contributed by atoms with E-state index in [1.807, 2.05) is 49.3 Å². The predicted octanol–water partition coefficient (Wildman–Crippen LogP) is 3.69. The summed E-state index contributed by atoms with van der Waals surface area (Å²) in [5.74, 6) is 0.0313. The predicted molar refractivity (Wildman–Crippen MR) is 84.9 cm³/mol. The Morgan fingerprint density at radius 1 is 1.35 bits per heavy atom. The van der Waals surface area contributed by atoms with Gasteiger partial charge in [-0.05, 0) is 56.0 Å². The van der Waals surface area contributed by atoms with Gasteiger partial charge in [-0.15, -0.1) is 11.3 Å². The van der Waals surface area contributed by atoms with Gasteiger partial charge in [-0.1, -0.05) is 6.07 Å². The maximum Gasteiger partial charge on any atom is 0.254 e. The maximum absolute atomic E-state index is 12.7. The Hall–Kier alpha value is -1.81. The Balaban J connectivity index is 2.26. The first-order chi connectivity index (χ1) is 9.47. The van der Waals surface area contributed by atoms with Gasteiger partial charge in [-0.2, -0.15) is 0 Å². The summed E-state index contributed by atoms with van der Waals surface area (Å²) in [5.41, 5.74) is 8.14. The molecular formula is C16H20N2OS. The standard InChI is InChI=1S/C16H20N2OS/c1-11(2)18(10-15-5-4-6-20-15)16(19)13-7-12(3)8-14(17)9-13/h4-9,11H,10,17H2,1-3H3. The summed E-state index contributed by atoms with van der Waals surface area (Å²) < 4.78 is 0. The highest BCUT2D eigenvalue weighted by Gasteiger charge is 2.20. The molecule has 4 heteroatoms. The largest absolute Gasteiger partial charge is 0.399 e. The zero-order chi connectivity index (χ0) is 14.7. The van der Waals surface area contributed by atoms with Crippen molar-refractivity contribution < 1.29 is 4.79 Å². The zero-order valence-electron chi connectivity index (χ0n) is 12.1. The number of thiophene rings is 1.